The van der Waals surface area contributed by atoms with E-state index in [1.807, 2.05) is 0 Å². The van der Waals surface area contributed by atoms with E-state index in [9.17, 15) is 5.11 Å². The number of thiazole rings is 1. The molecule has 1 N–H and O–H groups in total. The first kappa shape index (κ1) is 8.93. The summed E-state index contributed by atoms with van der Waals surface area (Å²) in [6.07, 6.45) is 0.810. The van der Waals surface area contributed by atoms with Gasteiger partial charge in [0.25, 0.3) is 0 Å². The molecule has 0 spiro atoms. The van der Waals surface area contributed by atoms with E-state index in [0.29, 0.717) is 10.4 Å². The molecule has 2 aromatic heterocycles. The smallest absolute Gasteiger partial charge is 0.148 e. The number of furan rings is 1. The van der Waals surface area contributed by atoms with Gasteiger partial charge < -0.3 is 9.52 Å². The Morgan fingerprint density at radius 1 is 1.62 bits per heavy atom. The SMILES string of the molecule is OC(c1ccco1)c1scnc1Br. The van der Waals surface area contributed by atoms with Gasteiger partial charge in [0.1, 0.15) is 16.5 Å². The predicted octanol–water partition coefficient (Wildman–Crippen LogP) is 2.58. The standard InChI is InChI=1S/C8H6BrNO2S/c9-8-7(13-4-10-8)6(11)5-2-1-3-12-5/h1-4,6,11H. The number of hydrogen-bond donors (Lipinski definition) is 1. The number of halogens is 1. The van der Waals surface area contributed by atoms with Crippen molar-refractivity contribution in [3.05, 3.63) is 39.1 Å². The zero-order valence-electron chi connectivity index (χ0n) is 6.48. The van der Waals surface area contributed by atoms with Crippen LogP contribution in [0.5, 0.6) is 0 Å². The van der Waals surface area contributed by atoms with E-state index in [1.165, 1.54) is 17.6 Å². The first-order valence-electron chi connectivity index (χ1n) is 3.59. The van der Waals surface area contributed by atoms with Crippen molar-refractivity contribution in [3.8, 4) is 0 Å². The number of aliphatic hydroxyl groups is 1. The Labute approximate surface area is 87.2 Å². The van der Waals surface area contributed by atoms with Crippen LogP contribution in [0.3, 0.4) is 0 Å². The lowest BCUT2D eigenvalue weighted by molar-refractivity contribution is 0.192. The van der Waals surface area contributed by atoms with Crippen molar-refractivity contribution in [2.75, 3.05) is 0 Å². The summed E-state index contributed by atoms with van der Waals surface area (Å²) < 4.78 is 5.75. The summed E-state index contributed by atoms with van der Waals surface area (Å²) in [7, 11) is 0. The van der Waals surface area contributed by atoms with E-state index in [0.717, 1.165) is 4.88 Å². The molecule has 0 saturated heterocycles. The van der Waals surface area contributed by atoms with Gasteiger partial charge in [-0.1, -0.05) is 0 Å². The summed E-state index contributed by atoms with van der Waals surface area (Å²) in [5.41, 5.74) is 1.67. The van der Waals surface area contributed by atoms with Gasteiger partial charge in [-0.2, -0.15) is 0 Å². The van der Waals surface area contributed by atoms with E-state index in [2.05, 4.69) is 20.9 Å². The van der Waals surface area contributed by atoms with E-state index >= 15 is 0 Å². The summed E-state index contributed by atoms with van der Waals surface area (Å²) in [4.78, 5) is 4.74. The van der Waals surface area contributed by atoms with Crippen LogP contribution >= 0.6 is 27.3 Å². The summed E-state index contributed by atoms with van der Waals surface area (Å²) in [5.74, 6) is 0.532. The average Bonchev–Trinajstić information content (AvgIpc) is 2.72. The Morgan fingerprint density at radius 2 is 2.46 bits per heavy atom. The normalized spacial score (nSPS) is 13.1. The minimum absolute atomic E-state index is 0.532. The Balaban J connectivity index is 2.33. The number of rotatable bonds is 2. The van der Waals surface area contributed by atoms with Gasteiger partial charge in [0.2, 0.25) is 0 Å². The lowest BCUT2D eigenvalue weighted by Crippen LogP contribution is -1.95. The molecule has 0 amide bonds. The molecule has 1 atom stereocenters. The molecular weight excluding hydrogens is 254 g/mol. The highest BCUT2D eigenvalue weighted by Gasteiger charge is 2.17. The molecule has 13 heavy (non-hydrogen) atoms. The first-order chi connectivity index (χ1) is 6.29. The van der Waals surface area contributed by atoms with Crippen LogP contribution in [-0.4, -0.2) is 10.1 Å². The van der Waals surface area contributed by atoms with E-state index in [-0.39, 0.29) is 0 Å². The second-order valence-electron chi connectivity index (χ2n) is 2.43. The van der Waals surface area contributed by atoms with Crippen LogP contribution in [0.4, 0.5) is 0 Å². The minimum atomic E-state index is -0.725. The number of nitrogens with zero attached hydrogens (tertiary/aromatic N) is 1. The number of hydrogen-bond acceptors (Lipinski definition) is 4. The molecule has 3 nitrogen and oxygen atoms in total. The Bertz CT molecular complexity index is 385. The molecule has 0 aliphatic rings. The molecule has 5 heteroatoms. The van der Waals surface area contributed by atoms with Crippen molar-refractivity contribution in [1.82, 2.24) is 4.98 Å². The first-order valence-corrected chi connectivity index (χ1v) is 5.26. The molecule has 0 aromatic carbocycles. The Kier molecular flexibility index (Phi) is 2.48. The monoisotopic (exact) mass is 259 g/mol. The number of aromatic nitrogens is 1. The molecule has 2 rings (SSSR count). The zero-order valence-corrected chi connectivity index (χ0v) is 8.88. The average molecular weight is 260 g/mol. The highest BCUT2D eigenvalue weighted by molar-refractivity contribution is 9.10. The summed E-state index contributed by atoms with van der Waals surface area (Å²) in [6, 6.07) is 3.48. The lowest BCUT2D eigenvalue weighted by Gasteiger charge is -2.03. The fourth-order valence-electron chi connectivity index (χ4n) is 0.995. The quantitative estimate of drug-likeness (QED) is 0.902. The third-order valence-electron chi connectivity index (χ3n) is 1.61. The van der Waals surface area contributed by atoms with Gasteiger partial charge in [0.05, 0.1) is 16.7 Å². The van der Waals surface area contributed by atoms with Crippen molar-refractivity contribution >= 4 is 27.3 Å². The van der Waals surface area contributed by atoms with Crippen LogP contribution in [0.15, 0.2) is 32.9 Å². The molecule has 0 fully saturated rings. The summed E-state index contributed by atoms with van der Waals surface area (Å²) >= 11 is 4.64. The summed E-state index contributed by atoms with van der Waals surface area (Å²) in [5, 5.41) is 9.80. The van der Waals surface area contributed by atoms with Gasteiger partial charge in [-0.25, -0.2) is 4.98 Å². The van der Waals surface area contributed by atoms with E-state index < -0.39 is 6.10 Å². The maximum atomic E-state index is 9.80. The van der Waals surface area contributed by atoms with Crippen molar-refractivity contribution in [3.63, 3.8) is 0 Å². The van der Waals surface area contributed by atoms with Crippen LogP contribution in [-0.2, 0) is 0 Å². The Morgan fingerprint density at radius 3 is 3.00 bits per heavy atom. The Hall–Kier alpha value is -0.650. The van der Waals surface area contributed by atoms with Gasteiger partial charge in [-0.05, 0) is 28.1 Å². The van der Waals surface area contributed by atoms with Crippen LogP contribution in [0.2, 0.25) is 0 Å². The molecule has 0 radical (unpaired) electrons. The topological polar surface area (TPSA) is 46.3 Å². The van der Waals surface area contributed by atoms with Gasteiger partial charge in [-0.3, -0.25) is 0 Å². The van der Waals surface area contributed by atoms with Crippen molar-refractivity contribution in [1.29, 1.82) is 0 Å². The third-order valence-corrected chi connectivity index (χ3v) is 3.39. The highest BCUT2D eigenvalue weighted by Crippen LogP contribution is 2.30. The molecule has 0 saturated carbocycles. The minimum Gasteiger partial charge on any atom is -0.466 e. The maximum absolute atomic E-state index is 9.80. The molecule has 0 bridgehead atoms. The summed E-state index contributed by atoms with van der Waals surface area (Å²) in [6.45, 7) is 0. The molecule has 1 unspecified atom stereocenters. The fourth-order valence-corrected chi connectivity index (χ4v) is 2.40. The van der Waals surface area contributed by atoms with Crippen molar-refractivity contribution in [2.45, 2.75) is 6.10 Å². The molecule has 0 aliphatic heterocycles. The van der Waals surface area contributed by atoms with Gasteiger partial charge in [0.15, 0.2) is 0 Å². The molecule has 68 valence electrons. The van der Waals surface area contributed by atoms with Crippen LogP contribution in [0.1, 0.15) is 16.7 Å². The fraction of sp³-hybridized carbons (Fsp3) is 0.125. The van der Waals surface area contributed by atoms with Crippen LogP contribution in [0, 0.1) is 0 Å². The van der Waals surface area contributed by atoms with E-state index in [4.69, 9.17) is 4.42 Å². The third kappa shape index (κ3) is 1.67. The maximum Gasteiger partial charge on any atom is 0.148 e. The molecular formula is C8H6BrNO2S. The van der Waals surface area contributed by atoms with Gasteiger partial charge in [-0.15, -0.1) is 11.3 Å². The molecule has 2 heterocycles. The second kappa shape index (κ2) is 3.61. The van der Waals surface area contributed by atoms with Crippen LogP contribution < -0.4 is 0 Å². The van der Waals surface area contributed by atoms with Crippen LogP contribution in [0.25, 0.3) is 0 Å². The van der Waals surface area contributed by atoms with Gasteiger partial charge in [0, 0.05) is 0 Å². The largest absolute Gasteiger partial charge is 0.466 e. The predicted molar refractivity (Wildman–Crippen MR) is 52.6 cm³/mol. The number of aliphatic hydroxyl groups excluding tert-OH is 1. The van der Waals surface area contributed by atoms with Crippen molar-refractivity contribution < 1.29 is 9.52 Å². The van der Waals surface area contributed by atoms with Crippen molar-refractivity contribution in [2.24, 2.45) is 0 Å². The molecule has 0 aliphatic carbocycles. The zero-order chi connectivity index (χ0) is 9.26. The second-order valence-corrected chi connectivity index (χ2v) is 4.06. The lowest BCUT2D eigenvalue weighted by atomic mass is 10.2. The molecule has 2 aromatic rings. The van der Waals surface area contributed by atoms with E-state index in [1.54, 1.807) is 17.6 Å². The van der Waals surface area contributed by atoms with Gasteiger partial charge >= 0.3 is 0 Å². The highest BCUT2D eigenvalue weighted by atomic mass is 79.9.